The molecule has 0 aliphatic rings. The van der Waals surface area contributed by atoms with Crippen LogP contribution in [0.25, 0.3) is 0 Å². The van der Waals surface area contributed by atoms with Crippen LogP contribution in [-0.2, 0) is 19.6 Å². The van der Waals surface area contributed by atoms with Gasteiger partial charge in [0, 0.05) is 7.05 Å². The summed E-state index contributed by atoms with van der Waals surface area (Å²) in [6, 6.07) is 6.71. The van der Waals surface area contributed by atoms with Crippen LogP contribution < -0.4 is 5.32 Å². The smallest absolute Gasteiger partial charge is 0.326 e. The van der Waals surface area contributed by atoms with Gasteiger partial charge < -0.3 is 10.4 Å². The van der Waals surface area contributed by atoms with Crippen molar-refractivity contribution in [2.24, 2.45) is 5.41 Å². The number of nitrogens with one attached hydrogen (secondary N) is 1. The van der Waals surface area contributed by atoms with Crippen LogP contribution in [0.1, 0.15) is 33.6 Å². The Bertz CT molecular complexity index is 695. The van der Waals surface area contributed by atoms with Crippen LogP contribution in [0.5, 0.6) is 0 Å². The fourth-order valence-electron chi connectivity index (χ4n) is 2.13. The first-order chi connectivity index (χ1) is 11.4. The summed E-state index contributed by atoms with van der Waals surface area (Å²) in [6.45, 7) is 5.49. The molecule has 0 aliphatic heterocycles. The van der Waals surface area contributed by atoms with Gasteiger partial charge in [-0.25, -0.2) is 13.2 Å². The standard InChI is InChI=1S/C17H26N2O5S/c1-17(2,3)11-10-14(16(21)22)18-15(20)12-19(4)25(23,24)13-8-6-5-7-9-13/h5-9,14H,10-12H2,1-4H3,(H,18,20)(H,21,22). The van der Waals surface area contributed by atoms with E-state index in [-0.39, 0.29) is 16.7 Å². The van der Waals surface area contributed by atoms with Crippen molar-refractivity contribution in [3.8, 4) is 0 Å². The average Bonchev–Trinajstić information content (AvgIpc) is 2.50. The van der Waals surface area contributed by atoms with Crippen molar-refractivity contribution in [2.75, 3.05) is 13.6 Å². The molecule has 0 saturated carbocycles. The van der Waals surface area contributed by atoms with Gasteiger partial charge in [-0.15, -0.1) is 0 Å². The van der Waals surface area contributed by atoms with Gasteiger partial charge in [-0.3, -0.25) is 4.79 Å². The number of carbonyl (C=O) groups excluding carboxylic acids is 1. The number of aliphatic carboxylic acids is 1. The zero-order valence-corrected chi connectivity index (χ0v) is 15.8. The van der Waals surface area contributed by atoms with Crippen LogP contribution in [0.15, 0.2) is 35.2 Å². The van der Waals surface area contributed by atoms with E-state index in [1.54, 1.807) is 18.2 Å². The lowest BCUT2D eigenvalue weighted by atomic mass is 9.88. The maximum Gasteiger partial charge on any atom is 0.326 e. The van der Waals surface area contributed by atoms with Crippen LogP contribution in [0.2, 0.25) is 0 Å². The number of carboxylic acid groups (broad SMARTS) is 1. The highest BCUT2D eigenvalue weighted by atomic mass is 32.2. The Labute approximate surface area is 149 Å². The minimum atomic E-state index is -3.80. The van der Waals surface area contributed by atoms with E-state index in [1.807, 2.05) is 20.8 Å². The highest BCUT2D eigenvalue weighted by molar-refractivity contribution is 7.89. The molecule has 0 fully saturated rings. The summed E-state index contributed by atoms with van der Waals surface area (Å²) in [5.41, 5.74) is -0.0636. The van der Waals surface area contributed by atoms with Crippen molar-refractivity contribution in [1.82, 2.24) is 9.62 Å². The largest absolute Gasteiger partial charge is 0.480 e. The summed E-state index contributed by atoms with van der Waals surface area (Å²) in [7, 11) is -2.52. The summed E-state index contributed by atoms with van der Waals surface area (Å²) in [5.74, 6) is -1.78. The summed E-state index contributed by atoms with van der Waals surface area (Å²) in [4.78, 5) is 23.5. The minimum absolute atomic E-state index is 0.0636. The summed E-state index contributed by atoms with van der Waals surface area (Å²) in [5, 5.41) is 11.6. The molecule has 8 heteroatoms. The predicted molar refractivity (Wildman–Crippen MR) is 94.5 cm³/mol. The number of carboxylic acids is 1. The summed E-state index contributed by atoms with van der Waals surface area (Å²) >= 11 is 0. The molecule has 0 spiro atoms. The Morgan fingerprint density at radius 2 is 1.76 bits per heavy atom. The Hall–Kier alpha value is -1.93. The molecule has 1 aromatic rings. The molecule has 0 aromatic heterocycles. The molecule has 1 rings (SSSR count). The molecule has 0 aliphatic carbocycles. The van der Waals surface area contributed by atoms with E-state index in [4.69, 9.17) is 0 Å². The van der Waals surface area contributed by atoms with Crippen molar-refractivity contribution in [3.05, 3.63) is 30.3 Å². The Balaban J connectivity index is 2.72. The lowest BCUT2D eigenvalue weighted by Crippen LogP contribution is -2.46. The second-order valence-corrected chi connectivity index (χ2v) is 9.18. The van der Waals surface area contributed by atoms with Crippen LogP contribution in [0.4, 0.5) is 0 Å². The van der Waals surface area contributed by atoms with Gasteiger partial charge in [0.1, 0.15) is 6.04 Å². The molecule has 1 aromatic carbocycles. The third kappa shape index (κ3) is 6.83. The van der Waals surface area contributed by atoms with Crippen LogP contribution in [-0.4, -0.2) is 49.3 Å². The van der Waals surface area contributed by atoms with Gasteiger partial charge in [0.25, 0.3) is 0 Å². The lowest BCUT2D eigenvalue weighted by Gasteiger charge is -2.22. The van der Waals surface area contributed by atoms with E-state index in [0.717, 1.165) is 4.31 Å². The fraction of sp³-hybridized carbons (Fsp3) is 0.529. The molecular formula is C17H26N2O5S. The number of likely N-dealkylation sites (N-methyl/N-ethyl adjacent to an activating group) is 1. The summed E-state index contributed by atoms with van der Waals surface area (Å²) < 4.78 is 25.7. The van der Waals surface area contributed by atoms with Crippen molar-refractivity contribution >= 4 is 21.9 Å². The van der Waals surface area contributed by atoms with Gasteiger partial charge in [-0.05, 0) is 30.4 Å². The zero-order chi connectivity index (χ0) is 19.3. The van der Waals surface area contributed by atoms with E-state index in [0.29, 0.717) is 6.42 Å². The number of sulfonamides is 1. The summed E-state index contributed by atoms with van der Waals surface area (Å²) in [6.07, 6.45) is 0.891. The third-order valence-electron chi connectivity index (χ3n) is 3.63. The van der Waals surface area contributed by atoms with Gasteiger partial charge in [0.2, 0.25) is 15.9 Å². The number of hydrogen-bond acceptors (Lipinski definition) is 4. The second kappa shape index (κ2) is 8.44. The maximum absolute atomic E-state index is 12.4. The van der Waals surface area contributed by atoms with Crippen molar-refractivity contribution in [3.63, 3.8) is 0 Å². The highest BCUT2D eigenvalue weighted by Gasteiger charge is 2.26. The maximum atomic E-state index is 12.4. The number of rotatable bonds is 8. The van der Waals surface area contributed by atoms with E-state index in [1.165, 1.54) is 19.2 Å². The zero-order valence-electron chi connectivity index (χ0n) is 15.0. The Kier molecular flexibility index (Phi) is 7.13. The number of amides is 1. The molecule has 2 N–H and O–H groups in total. The molecule has 0 bridgehead atoms. The van der Waals surface area contributed by atoms with Crippen molar-refractivity contribution in [2.45, 2.75) is 44.6 Å². The first-order valence-corrected chi connectivity index (χ1v) is 9.41. The normalized spacial score (nSPS) is 13.5. The van der Waals surface area contributed by atoms with Crippen LogP contribution in [0, 0.1) is 5.41 Å². The quantitative estimate of drug-likeness (QED) is 0.725. The third-order valence-corrected chi connectivity index (χ3v) is 5.45. The molecular weight excluding hydrogens is 344 g/mol. The first-order valence-electron chi connectivity index (χ1n) is 7.97. The molecule has 0 heterocycles. The minimum Gasteiger partial charge on any atom is -0.480 e. The molecule has 140 valence electrons. The molecule has 1 atom stereocenters. The van der Waals surface area contributed by atoms with Gasteiger partial charge in [-0.2, -0.15) is 4.31 Å². The Morgan fingerprint density at radius 3 is 2.24 bits per heavy atom. The van der Waals surface area contributed by atoms with Gasteiger partial charge in [0.15, 0.2) is 0 Å². The molecule has 1 amide bonds. The van der Waals surface area contributed by atoms with Gasteiger partial charge >= 0.3 is 5.97 Å². The van der Waals surface area contributed by atoms with Crippen molar-refractivity contribution < 1.29 is 23.1 Å². The average molecular weight is 370 g/mol. The molecule has 0 saturated heterocycles. The lowest BCUT2D eigenvalue weighted by molar-refractivity contribution is -0.142. The molecule has 25 heavy (non-hydrogen) atoms. The van der Waals surface area contributed by atoms with Gasteiger partial charge in [0.05, 0.1) is 11.4 Å². The highest BCUT2D eigenvalue weighted by Crippen LogP contribution is 2.21. The molecule has 0 radical (unpaired) electrons. The van der Waals surface area contributed by atoms with E-state index in [9.17, 15) is 23.1 Å². The molecule has 1 unspecified atom stereocenters. The topological polar surface area (TPSA) is 104 Å². The number of nitrogens with zero attached hydrogens (tertiary/aromatic N) is 1. The predicted octanol–water partition coefficient (Wildman–Crippen LogP) is 1.70. The molecule has 7 nitrogen and oxygen atoms in total. The van der Waals surface area contributed by atoms with E-state index >= 15 is 0 Å². The SMILES string of the molecule is CN(CC(=O)NC(CCC(C)(C)C)C(=O)O)S(=O)(=O)c1ccccc1. The fourth-order valence-corrected chi connectivity index (χ4v) is 3.28. The monoisotopic (exact) mass is 370 g/mol. The van der Waals surface area contributed by atoms with Crippen LogP contribution >= 0.6 is 0 Å². The second-order valence-electron chi connectivity index (χ2n) is 7.13. The van der Waals surface area contributed by atoms with E-state index < -0.39 is 34.5 Å². The van der Waals surface area contributed by atoms with Crippen molar-refractivity contribution in [1.29, 1.82) is 0 Å². The van der Waals surface area contributed by atoms with Gasteiger partial charge in [-0.1, -0.05) is 39.0 Å². The van der Waals surface area contributed by atoms with E-state index in [2.05, 4.69) is 5.32 Å². The number of carbonyl (C=O) groups is 2. The van der Waals surface area contributed by atoms with Crippen LogP contribution in [0.3, 0.4) is 0 Å². The number of hydrogen-bond donors (Lipinski definition) is 2. The Morgan fingerprint density at radius 1 is 1.20 bits per heavy atom. The first kappa shape index (κ1) is 21.1. The number of benzene rings is 1.